The lowest BCUT2D eigenvalue weighted by Crippen LogP contribution is -2.27. The molecule has 0 aliphatic rings. The fraction of sp³-hybridized carbons (Fsp3) is 0.263. The van der Waals surface area contributed by atoms with Crippen LogP contribution in [-0.2, 0) is 10.9 Å². The number of benzene rings is 1. The minimum atomic E-state index is -4.68. The summed E-state index contributed by atoms with van der Waals surface area (Å²) in [4.78, 5) is 28.0. The molecule has 1 N–H and O–H groups in total. The Bertz CT molecular complexity index is 1140. The van der Waals surface area contributed by atoms with Crippen LogP contribution < -0.4 is 5.32 Å². The predicted molar refractivity (Wildman–Crippen MR) is 104 cm³/mol. The molecule has 0 radical (unpaired) electrons. The summed E-state index contributed by atoms with van der Waals surface area (Å²) in [6, 6.07) is 5.83. The van der Waals surface area contributed by atoms with Crippen LogP contribution in [0.1, 0.15) is 37.0 Å². The first-order valence-corrected chi connectivity index (χ1v) is 8.99. The molecule has 1 amide bonds. The van der Waals surface area contributed by atoms with Gasteiger partial charge in [0.25, 0.3) is 5.91 Å². The first-order valence-electron chi connectivity index (χ1n) is 8.61. The summed E-state index contributed by atoms with van der Waals surface area (Å²) in [7, 11) is 0. The quantitative estimate of drug-likeness (QED) is 0.596. The summed E-state index contributed by atoms with van der Waals surface area (Å²) >= 11 is 6.20. The van der Waals surface area contributed by atoms with Crippen molar-refractivity contribution in [2.24, 2.45) is 0 Å². The van der Waals surface area contributed by atoms with Crippen LogP contribution in [0, 0.1) is 0 Å². The lowest BCUT2D eigenvalue weighted by atomic mass is 10.2. The third-order valence-corrected chi connectivity index (χ3v) is 4.06. The van der Waals surface area contributed by atoms with Crippen LogP contribution in [-0.4, -0.2) is 32.4 Å². The molecule has 158 valence electrons. The zero-order chi connectivity index (χ0) is 22.3. The standard InChI is InChI=1S/C19H16ClF3N4O3/c1-18(2,3)30-17(29)27-14-8-11(20)13(7-10(14)9-24-27)26-16(28)12-5-4-6-15(25-12)19(21,22)23/h4-9H,1-3H3,(H,26,28). The van der Waals surface area contributed by atoms with Crippen molar-refractivity contribution >= 4 is 40.2 Å². The fourth-order valence-corrected chi connectivity index (χ4v) is 2.71. The molecule has 0 unspecified atom stereocenters. The van der Waals surface area contributed by atoms with Crippen molar-refractivity contribution in [2.45, 2.75) is 32.5 Å². The van der Waals surface area contributed by atoms with Crippen LogP contribution in [0.5, 0.6) is 0 Å². The van der Waals surface area contributed by atoms with Gasteiger partial charge in [0.05, 0.1) is 22.4 Å². The molecule has 3 aromatic rings. The van der Waals surface area contributed by atoms with E-state index in [1.54, 1.807) is 20.8 Å². The molecule has 2 aromatic heterocycles. The molecule has 1 aromatic carbocycles. The van der Waals surface area contributed by atoms with Gasteiger partial charge in [-0.2, -0.15) is 23.0 Å². The van der Waals surface area contributed by atoms with E-state index >= 15 is 0 Å². The third-order valence-electron chi connectivity index (χ3n) is 3.74. The second kappa shape index (κ2) is 7.60. The number of hydrogen-bond acceptors (Lipinski definition) is 5. The minimum Gasteiger partial charge on any atom is -0.442 e. The molecule has 0 bridgehead atoms. The molecule has 2 heterocycles. The number of pyridine rings is 1. The van der Waals surface area contributed by atoms with E-state index in [1.165, 1.54) is 18.3 Å². The molecular weight excluding hydrogens is 425 g/mol. The summed E-state index contributed by atoms with van der Waals surface area (Å²) < 4.78 is 44.7. The molecule has 0 fully saturated rings. The van der Waals surface area contributed by atoms with Gasteiger partial charge >= 0.3 is 12.3 Å². The fourth-order valence-electron chi connectivity index (χ4n) is 2.50. The van der Waals surface area contributed by atoms with E-state index in [2.05, 4.69) is 15.4 Å². The number of carbonyl (C=O) groups excluding carboxylic acids is 2. The number of aromatic nitrogens is 3. The van der Waals surface area contributed by atoms with E-state index in [9.17, 15) is 22.8 Å². The first-order chi connectivity index (χ1) is 13.8. The van der Waals surface area contributed by atoms with Gasteiger partial charge in [0.2, 0.25) is 0 Å². The molecule has 0 aliphatic carbocycles. The Morgan fingerprint density at radius 2 is 1.87 bits per heavy atom. The largest absolute Gasteiger partial charge is 0.442 e. The van der Waals surface area contributed by atoms with Gasteiger partial charge in [-0.1, -0.05) is 17.7 Å². The molecule has 3 rings (SSSR count). The number of alkyl halides is 3. The molecule has 0 saturated carbocycles. The number of nitrogens with one attached hydrogen (secondary N) is 1. The van der Waals surface area contributed by atoms with E-state index in [0.717, 1.165) is 22.9 Å². The normalized spacial score (nSPS) is 12.1. The van der Waals surface area contributed by atoms with E-state index in [0.29, 0.717) is 10.9 Å². The van der Waals surface area contributed by atoms with Gasteiger partial charge in [0, 0.05) is 5.39 Å². The Kier molecular flexibility index (Phi) is 5.46. The van der Waals surface area contributed by atoms with Crippen molar-refractivity contribution in [1.29, 1.82) is 0 Å². The van der Waals surface area contributed by atoms with Crippen LogP contribution >= 0.6 is 11.6 Å². The summed E-state index contributed by atoms with van der Waals surface area (Å²) in [6.07, 6.45) is -4.02. The van der Waals surface area contributed by atoms with Crippen LogP contribution in [0.4, 0.5) is 23.7 Å². The lowest BCUT2D eigenvalue weighted by molar-refractivity contribution is -0.141. The Morgan fingerprint density at radius 3 is 2.50 bits per heavy atom. The van der Waals surface area contributed by atoms with E-state index in [1.807, 2.05) is 0 Å². The number of ether oxygens (including phenoxy) is 1. The second-order valence-corrected chi connectivity index (χ2v) is 7.69. The van der Waals surface area contributed by atoms with Crippen LogP contribution in [0.2, 0.25) is 5.02 Å². The Hall–Kier alpha value is -3.14. The Labute approximate surface area is 173 Å². The average molecular weight is 441 g/mol. The second-order valence-electron chi connectivity index (χ2n) is 7.29. The zero-order valence-electron chi connectivity index (χ0n) is 16.0. The number of amides is 1. The minimum absolute atomic E-state index is 0.0492. The maximum absolute atomic E-state index is 12.8. The number of nitrogens with zero attached hydrogens (tertiary/aromatic N) is 3. The first kappa shape index (κ1) is 21.6. The van der Waals surface area contributed by atoms with Gasteiger partial charge < -0.3 is 10.1 Å². The summed E-state index contributed by atoms with van der Waals surface area (Å²) in [6.45, 7) is 5.12. The number of fused-ring (bicyclic) bond motifs is 1. The van der Waals surface area contributed by atoms with Crippen molar-refractivity contribution in [2.75, 3.05) is 5.32 Å². The number of hydrogen-bond donors (Lipinski definition) is 1. The molecule has 0 atom stereocenters. The van der Waals surface area contributed by atoms with Gasteiger partial charge in [-0.3, -0.25) is 4.79 Å². The summed E-state index contributed by atoms with van der Waals surface area (Å²) in [5.41, 5.74) is -1.88. The molecule has 7 nitrogen and oxygen atoms in total. The molecule has 0 saturated heterocycles. The van der Waals surface area contributed by atoms with Crippen LogP contribution in [0.3, 0.4) is 0 Å². The van der Waals surface area contributed by atoms with Crippen molar-refractivity contribution in [3.8, 4) is 0 Å². The molecule has 11 heteroatoms. The van der Waals surface area contributed by atoms with Crippen LogP contribution in [0.25, 0.3) is 10.9 Å². The lowest BCUT2D eigenvalue weighted by Gasteiger charge is -2.19. The Morgan fingerprint density at radius 1 is 1.17 bits per heavy atom. The van der Waals surface area contributed by atoms with E-state index < -0.39 is 35.2 Å². The van der Waals surface area contributed by atoms with E-state index in [-0.39, 0.29) is 10.7 Å². The topological polar surface area (TPSA) is 86.1 Å². The van der Waals surface area contributed by atoms with Gasteiger partial charge in [0.1, 0.15) is 17.0 Å². The van der Waals surface area contributed by atoms with Crippen LogP contribution in [0.15, 0.2) is 36.5 Å². The van der Waals surface area contributed by atoms with Crippen molar-refractivity contribution in [1.82, 2.24) is 14.8 Å². The van der Waals surface area contributed by atoms with Crippen molar-refractivity contribution in [3.05, 3.63) is 52.9 Å². The van der Waals surface area contributed by atoms with Crippen molar-refractivity contribution in [3.63, 3.8) is 0 Å². The van der Waals surface area contributed by atoms with Gasteiger partial charge in [0.15, 0.2) is 0 Å². The maximum atomic E-state index is 12.8. The number of halogens is 4. The number of carbonyl (C=O) groups is 2. The molecule has 0 aliphatic heterocycles. The summed E-state index contributed by atoms with van der Waals surface area (Å²) in [5.74, 6) is -0.873. The van der Waals surface area contributed by atoms with E-state index in [4.69, 9.17) is 16.3 Å². The average Bonchev–Trinajstić information content (AvgIpc) is 3.02. The highest BCUT2D eigenvalue weighted by Crippen LogP contribution is 2.30. The predicted octanol–water partition coefficient (Wildman–Crippen LogP) is 5.14. The molecule has 30 heavy (non-hydrogen) atoms. The summed E-state index contributed by atoms with van der Waals surface area (Å²) in [5, 5.41) is 6.90. The maximum Gasteiger partial charge on any atom is 0.435 e. The number of anilines is 1. The SMILES string of the molecule is CC(C)(C)OC(=O)n1ncc2cc(NC(=O)c3cccc(C(F)(F)F)n3)c(Cl)cc21. The highest BCUT2D eigenvalue weighted by molar-refractivity contribution is 6.34. The Balaban J connectivity index is 1.88. The van der Waals surface area contributed by atoms with Gasteiger partial charge in [-0.25, -0.2) is 9.78 Å². The molecular formula is C19H16ClF3N4O3. The van der Waals surface area contributed by atoms with Gasteiger partial charge in [-0.05, 0) is 45.0 Å². The number of rotatable bonds is 2. The molecule has 0 spiro atoms. The highest BCUT2D eigenvalue weighted by Gasteiger charge is 2.33. The zero-order valence-corrected chi connectivity index (χ0v) is 16.8. The smallest absolute Gasteiger partial charge is 0.435 e. The van der Waals surface area contributed by atoms with Crippen molar-refractivity contribution < 1.29 is 27.5 Å². The van der Waals surface area contributed by atoms with Gasteiger partial charge in [-0.15, -0.1) is 0 Å². The monoisotopic (exact) mass is 440 g/mol. The highest BCUT2D eigenvalue weighted by atomic mass is 35.5. The third kappa shape index (κ3) is 4.70.